The first-order valence-electron chi connectivity index (χ1n) is 8.97. The number of amides is 1. The maximum atomic E-state index is 12.7. The van der Waals surface area contributed by atoms with Crippen molar-refractivity contribution in [1.82, 2.24) is 10.3 Å². The molecule has 3 N–H and O–H groups in total. The molecule has 1 aromatic heterocycles. The van der Waals surface area contributed by atoms with Gasteiger partial charge < -0.3 is 15.7 Å². The molecular weight excluding hydrogens is 362 g/mol. The smallest absolute Gasteiger partial charge is 0.252 e. The van der Waals surface area contributed by atoms with Gasteiger partial charge in [0.1, 0.15) is 5.82 Å². The molecule has 1 heterocycles. The maximum Gasteiger partial charge on any atom is 0.252 e. The first kappa shape index (κ1) is 17.8. The Morgan fingerprint density at radius 2 is 1.93 bits per heavy atom. The van der Waals surface area contributed by atoms with Crippen LogP contribution in [0.2, 0.25) is 5.02 Å². The summed E-state index contributed by atoms with van der Waals surface area (Å²) in [6.45, 7) is -0.111. The second-order valence-electron chi connectivity index (χ2n) is 6.75. The molecule has 6 heteroatoms. The number of hydrogen-bond donors (Lipinski definition) is 3. The van der Waals surface area contributed by atoms with E-state index in [2.05, 4.69) is 15.6 Å². The molecule has 0 saturated heterocycles. The summed E-state index contributed by atoms with van der Waals surface area (Å²) in [5.74, 6) is 0.454. The number of carbonyl (C=O) groups excluding carboxylic acids is 1. The zero-order valence-corrected chi connectivity index (χ0v) is 15.4. The number of nitrogens with zero attached hydrogens (tertiary/aromatic N) is 1. The van der Waals surface area contributed by atoms with E-state index in [1.807, 2.05) is 36.4 Å². The Hall–Kier alpha value is -2.63. The number of anilines is 1. The van der Waals surface area contributed by atoms with E-state index >= 15 is 0 Å². The van der Waals surface area contributed by atoms with Crippen molar-refractivity contribution in [3.8, 4) is 0 Å². The van der Waals surface area contributed by atoms with Crippen LogP contribution in [0.5, 0.6) is 0 Å². The van der Waals surface area contributed by atoms with Crippen LogP contribution in [0.15, 0.2) is 54.6 Å². The Kier molecular flexibility index (Phi) is 4.97. The van der Waals surface area contributed by atoms with Crippen molar-refractivity contribution in [1.29, 1.82) is 0 Å². The largest absolute Gasteiger partial charge is 0.394 e. The highest BCUT2D eigenvalue weighted by atomic mass is 35.5. The van der Waals surface area contributed by atoms with E-state index in [4.69, 9.17) is 11.6 Å². The van der Waals surface area contributed by atoms with E-state index in [0.717, 1.165) is 29.3 Å². The molecule has 1 aliphatic carbocycles. The Morgan fingerprint density at radius 3 is 2.63 bits per heavy atom. The quantitative estimate of drug-likeness (QED) is 0.605. The summed E-state index contributed by atoms with van der Waals surface area (Å²) in [5.41, 5.74) is 2.21. The molecule has 1 aliphatic rings. The Bertz CT molecular complexity index is 971. The second kappa shape index (κ2) is 7.55. The normalized spacial score (nSPS) is 14.7. The average Bonchev–Trinajstić information content (AvgIpc) is 3.50. The zero-order valence-electron chi connectivity index (χ0n) is 14.7. The summed E-state index contributed by atoms with van der Waals surface area (Å²) >= 11 is 5.95. The van der Waals surface area contributed by atoms with Crippen LogP contribution in [0, 0.1) is 0 Å². The van der Waals surface area contributed by atoms with Gasteiger partial charge in [-0.3, -0.25) is 4.79 Å². The van der Waals surface area contributed by atoms with Crippen molar-refractivity contribution in [2.24, 2.45) is 0 Å². The minimum absolute atomic E-state index is 0.0915. The molecule has 1 fully saturated rings. The molecule has 1 atom stereocenters. The SMILES string of the molecule is O=C(NC1CC1)c1cc(NC(CO)c2ccc(Cl)cc2)nc2ccccc12. The third-order valence-electron chi connectivity index (χ3n) is 4.65. The number of aliphatic hydroxyl groups excluding tert-OH is 1. The van der Waals surface area contributed by atoms with E-state index in [9.17, 15) is 9.90 Å². The maximum absolute atomic E-state index is 12.7. The second-order valence-corrected chi connectivity index (χ2v) is 7.19. The fourth-order valence-corrected chi connectivity index (χ4v) is 3.16. The monoisotopic (exact) mass is 381 g/mol. The fraction of sp³-hybridized carbons (Fsp3) is 0.238. The summed E-state index contributed by atoms with van der Waals surface area (Å²) in [5, 5.41) is 17.5. The first-order chi connectivity index (χ1) is 13.1. The third-order valence-corrected chi connectivity index (χ3v) is 4.90. The van der Waals surface area contributed by atoms with Gasteiger partial charge in [-0.25, -0.2) is 4.98 Å². The van der Waals surface area contributed by atoms with Crippen LogP contribution in [-0.4, -0.2) is 28.6 Å². The minimum Gasteiger partial charge on any atom is -0.394 e. The first-order valence-corrected chi connectivity index (χ1v) is 9.35. The van der Waals surface area contributed by atoms with Gasteiger partial charge in [0.05, 0.1) is 23.7 Å². The van der Waals surface area contributed by atoms with Crippen LogP contribution in [0.25, 0.3) is 10.9 Å². The van der Waals surface area contributed by atoms with Gasteiger partial charge in [-0.1, -0.05) is 41.9 Å². The molecule has 3 aromatic rings. The van der Waals surface area contributed by atoms with Gasteiger partial charge >= 0.3 is 0 Å². The standard InChI is InChI=1S/C21H20ClN3O2/c22-14-7-5-13(6-8-14)19(12-26)25-20-11-17(21(27)23-15-9-10-15)16-3-1-2-4-18(16)24-20/h1-8,11,15,19,26H,9-10,12H2,(H,23,27)(H,24,25). The summed E-state index contributed by atoms with van der Waals surface area (Å²) in [7, 11) is 0. The predicted molar refractivity (Wildman–Crippen MR) is 107 cm³/mol. The summed E-state index contributed by atoms with van der Waals surface area (Å²) < 4.78 is 0. The van der Waals surface area contributed by atoms with Crippen LogP contribution in [0.1, 0.15) is 34.8 Å². The number of hydrogen-bond acceptors (Lipinski definition) is 4. The average molecular weight is 382 g/mol. The van der Waals surface area contributed by atoms with Crippen LogP contribution >= 0.6 is 11.6 Å². The topological polar surface area (TPSA) is 74.2 Å². The van der Waals surface area contributed by atoms with E-state index in [1.54, 1.807) is 18.2 Å². The molecule has 1 unspecified atom stereocenters. The molecule has 0 radical (unpaired) electrons. The summed E-state index contributed by atoms with van der Waals surface area (Å²) in [6.07, 6.45) is 2.06. The van der Waals surface area contributed by atoms with Crippen LogP contribution < -0.4 is 10.6 Å². The molecule has 0 spiro atoms. The van der Waals surface area contributed by atoms with Gasteiger partial charge in [0.2, 0.25) is 0 Å². The molecule has 1 amide bonds. The van der Waals surface area contributed by atoms with E-state index < -0.39 is 0 Å². The lowest BCUT2D eigenvalue weighted by molar-refractivity contribution is 0.0952. The Labute approximate surface area is 162 Å². The van der Waals surface area contributed by atoms with Crippen LogP contribution in [0.4, 0.5) is 5.82 Å². The predicted octanol–water partition coefficient (Wildman–Crippen LogP) is 3.93. The molecule has 1 saturated carbocycles. The van der Waals surface area contributed by atoms with Crippen LogP contribution in [-0.2, 0) is 0 Å². The lowest BCUT2D eigenvalue weighted by Crippen LogP contribution is -2.26. The number of rotatable bonds is 6. The molecular formula is C21H20ClN3O2. The number of fused-ring (bicyclic) bond motifs is 1. The van der Waals surface area contributed by atoms with Crippen molar-refractivity contribution in [2.45, 2.75) is 24.9 Å². The van der Waals surface area contributed by atoms with Gasteiger partial charge in [-0.15, -0.1) is 0 Å². The van der Waals surface area contributed by atoms with Gasteiger partial charge in [-0.05, 0) is 42.7 Å². The highest BCUT2D eigenvalue weighted by Gasteiger charge is 2.25. The molecule has 2 aromatic carbocycles. The van der Waals surface area contributed by atoms with Crippen molar-refractivity contribution in [3.05, 3.63) is 70.7 Å². The number of aromatic nitrogens is 1. The molecule has 138 valence electrons. The molecule has 0 aliphatic heterocycles. The van der Waals surface area contributed by atoms with Gasteiger partial charge in [-0.2, -0.15) is 0 Å². The van der Waals surface area contributed by atoms with E-state index in [1.165, 1.54) is 0 Å². The summed E-state index contributed by atoms with van der Waals surface area (Å²) in [6, 6.07) is 16.5. The van der Waals surface area contributed by atoms with Gasteiger partial charge in [0.15, 0.2) is 0 Å². The molecule has 0 bridgehead atoms. The minimum atomic E-state index is -0.352. The molecule has 5 nitrogen and oxygen atoms in total. The highest BCUT2D eigenvalue weighted by Crippen LogP contribution is 2.26. The Balaban J connectivity index is 1.68. The number of aliphatic hydroxyl groups is 1. The van der Waals surface area contributed by atoms with E-state index in [-0.39, 0.29) is 24.6 Å². The van der Waals surface area contributed by atoms with Crippen LogP contribution in [0.3, 0.4) is 0 Å². The molecule has 27 heavy (non-hydrogen) atoms. The Morgan fingerprint density at radius 1 is 1.19 bits per heavy atom. The lowest BCUT2D eigenvalue weighted by Gasteiger charge is -2.19. The van der Waals surface area contributed by atoms with Crippen molar-refractivity contribution < 1.29 is 9.90 Å². The van der Waals surface area contributed by atoms with Crippen molar-refractivity contribution in [3.63, 3.8) is 0 Å². The van der Waals surface area contributed by atoms with Crippen molar-refractivity contribution >= 4 is 34.2 Å². The number of pyridine rings is 1. The van der Waals surface area contributed by atoms with Crippen molar-refractivity contribution in [2.75, 3.05) is 11.9 Å². The third kappa shape index (κ3) is 4.04. The van der Waals surface area contributed by atoms with Gasteiger partial charge in [0, 0.05) is 16.5 Å². The number of nitrogens with one attached hydrogen (secondary N) is 2. The summed E-state index contributed by atoms with van der Waals surface area (Å²) in [4.78, 5) is 17.3. The van der Waals surface area contributed by atoms with Gasteiger partial charge in [0.25, 0.3) is 5.91 Å². The molecule has 4 rings (SSSR count). The number of carbonyl (C=O) groups is 1. The number of para-hydroxylation sites is 1. The number of benzene rings is 2. The lowest BCUT2D eigenvalue weighted by atomic mass is 10.1. The highest BCUT2D eigenvalue weighted by molar-refractivity contribution is 6.30. The van der Waals surface area contributed by atoms with E-state index in [0.29, 0.717) is 16.4 Å². The fourth-order valence-electron chi connectivity index (χ4n) is 3.04. The zero-order chi connectivity index (χ0) is 18.8. The number of halogens is 1.